The average Bonchev–Trinajstić information content (AvgIpc) is 2.22. The minimum atomic E-state index is -2.25. The number of hydrogen-bond donors (Lipinski definition) is 2. The van der Waals surface area contributed by atoms with Crippen molar-refractivity contribution in [2.75, 3.05) is 25.5 Å². The van der Waals surface area contributed by atoms with Crippen LogP contribution in [-0.2, 0) is 4.57 Å². The standard InChI is InChI=1S/C10H23O3P/c1-3-4-7-14(13,8-5-6-11)10(2)9-12/h10-12H,3-9H2,1-2H3. The zero-order chi connectivity index (χ0) is 11.0. The molecule has 0 rings (SSSR count). The normalized spacial score (nSPS) is 17.7. The molecule has 0 saturated carbocycles. The molecule has 14 heavy (non-hydrogen) atoms. The van der Waals surface area contributed by atoms with Gasteiger partial charge in [-0.3, -0.25) is 0 Å². The summed E-state index contributed by atoms with van der Waals surface area (Å²) in [5.74, 6) is 0. The molecule has 0 saturated heterocycles. The molecule has 0 heterocycles. The van der Waals surface area contributed by atoms with Crippen molar-refractivity contribution in [1.29, 1.82) is 0 Å². The summed E-state index contributed by atoms with van der Waals surface area (Å²) < 4.78 is 12.4. The monoisotopic (exact) mass is 222 g/mol. The van der Waals surface area contributed by atoms with Gasteiger partial charge in [0, 0.05) is 24.6 Å². The van der Waals surface area contributed by atoms with Gasteiger partial charge in [0.25, 0.3) is 0 Å². The Morgan fingerprint density at radius 1 is 1.21 bits per heavy atom. The third-order valence-corrected chi connectivity index (χ3v) is 6.57. The summed E-state index contributed by atoms with van der Waals surface area (Å²) in [5.41, 5.74) is -0.111. The molecule has 0 aromatic rings. The van der Waals surface area contributed by atoms with E-state index in [1.807, 2.05) is 6.92 Å². The van der Waals surface area contributed by atoms with Gasteiger partial charge in [0.15, 0.2) is 0 Å². The molecule has 3 nitrogen and oxygen atoms in total. The highest BCUT2D eigenvalue weighted by atomic mass is 31.2. The van der Waals surface area contributed by atoms with Crippen molar-refractivity contribution in [3.63, 3.8) is 0 Å². The molecule has 0 aliphatic heterocycles. The van der Waals surface area contributed by atoms with Gasteiger partial charge in [0.05, 0.1) is 13.7 Å². The van der Waals surface area contributed by atoms with E-state index in [1.165, 1.54) is 0 Å². The number of unbranched alkanes of at least 4 members (excludes halogenated alkanes) is 1. The van der Waals surface area contributed by atoms with E-state index in [0.717, 1.165) is 12.8 Å². The lowest BCUT2D eigenvalue weighted by atomic mass is 10.4. The Morgan fingerprint density at radius 3 is 2.21 bits per heavy atom. The number of hydrogen-bond acceptors (Lipinski definition) is 3. The largest absolute Gasteiger partial charge is 0.396 e. The maximum atomic E-state index is 12.4. The molecular formula is C10H23O3P. The molecule has 0 spiro atoms. The van der Waals surface area contributed by atoms with Crippen LogP contribution in [0.2, 0.25) is 0 Å². The fourth-order valence-corrected chi connectivity index (χ4v) is 4.40. The second-order valence-corrected chi connectivity index (χ2v) is 7.54. The topological polar surface area (TPSA) is 57.5 Å². The van der Waals surface area contributed by atoms with Crippen molar-refractivity contribution in [3.8, 4) is 0 Å². The summed E-state index contributed by atoms with van der Waals surface area (Å²) in [6.45, 7) is 3.99. The van der Waals surface area contributed by atoms with E-state index in [0.29, 0.717) is 18.7 Å². The predicted molar refractivity (Wildman–Crippen MR) is 60.5 cm³/mol. The third-order valence-electron chi connectivity index (χ3n) is 2.65. The van der Waals surface area contributed by atoms with Crippen LogP contribution < -0.4 is 0 Å². The van der Waals surface area contributed by atoms with Crippen LogP contribution in [0.1, 0.15) is 33.1 Å². The Labute approximate surface area is 86.9 Å². The summed E-state index contributed by atoms with van der Waals surface area (Å²) in [4.78, 5) is 0. The van der Waals surface area contributed by atoms with Crippen LogP contribution >= 0.6 is 7.14 Å². The number of rotatable bonds is 8. The van der Waals surface area contributed by atoms with Gasteiger partial charge in [-0.2, -0.15) is 0 Å². The Balaban J connectivity index is 4.25. The summed E-state index contributed by atoms with van der Waals surface area (Å²) >= 11 is 0. The summed E-state index contributed by atoms with van der Waals surface area (Å²) in [7, 11) is -2.25. The Morgan fingerprint density at radius 2 is 1.79 bits per heavy atom. The molecule has 2 atom stereocenters. The molecule has 0 amide bonds. The zero-order valence-corrected chi connectivity index (χ0v) is 10.2. The van der Waals surface area contributed by atoms with Crippen molar-refractivity contribution in [1.82, 2.24) is 0 Å². The second-order valence-electron chi connectivity index (χ2n) is 3.86. The van der Waals surface area contributed by atoms with Crippen molar-refractivity contribution in [2.24, 2.45) is 0 Å². The molecule has 2 N–H and O–H groups in total. The first-order valence-electron chi connectivity index (χ1n) is 5.40. The molecule has 0 radical (unpaired) electrons. The van der Waals surface area contributed by atoms with Crippen LogP contribution in [0.5, 0.6) is 0 Å². The fraction of sp³-hybridized carbons (Fsp3) is 1.00. The predicted octanol–water partition coefficient (Wildman–Crippen LogP) is 1.91. The van der Waals surface area contributed by atoms with Crippen LogP contribution in [-0.4, -0.2) is 41.4 Å². The molecule has 4 heteroatoms. The molecule has 0 bridgehead atoms. The van der Waals surface area contributed by atoms with E-state index in [-0.39, 0.29) is 18.9 Å². The highest BCUT2D eigenvalue weighted by Gasteiger charge is 2.27. The highest BCUT2D eigenvalue weighted by molar-refractivity contribution is 7.64. The molecular weight excluding hydrogens is 199 g/mol. The van der Waals surface area contributed by atoms with Crippen molar-refractivity contribution < 1.29 is 14.8 Å². The van der Waals surface area contributed by atoms with Gasteiger partial charge in [-0.25, -0.2) is 0 Å². The molecule has 0 aromatic heterocycles. The number of aliphatic hydroxyl groups excluding tert-OH is 2. The van der Waals surface area contributed by atoms with Gasteiger partial charge in [-0.05, 0) is 12.8 Å². The lowest BCUT2D eigenvalue weighted by Gasteiger charge is -2.23. The van der Waals surface area contributed by atoms with Gasteiger partial charge >= 0.3 is 0 Å². The fourth-order valence-electron chi connectivity index (χ4n) is 1.47. The maximum Gasteiger partial charge on any atom is 0.0927 e. The highest BCUT2D eigenvalue weighted by Crippen LogP contribution is 2.51. The van der Waals surface area contributed by atoms with E-state index < -0.39 is 7.14 Å². The summed E-state index contributed by atoms with van der Waals surface area (Å²) in [6.07, 6.45) is 3.86. The van der Waals surface area contributed by atoms with E-state index in [4.69, 9.17) is 10.2 Å². The molecule has 0 aliphatic rings. The Hall–Kier alpha value is 0.150. The van der Waals surface area contributed by atoms with E-state index in [2.05, 4.69) is 6.92 Å². The quantitative estimate of drug-likeness (QED) is 0.617. The van der Waals surface area contributed by atoms with Gasteiger partial charge in [0.2, 0.25) is 0 Å². The first kappa shape index (κ1) is 14.2. The van der Waals surface area contributed by atoms with Gasteiger partial charge < -0.3 is 14.8 Å². The maximum absolute atomic E-state index is 12.4. The van der Waals surface area contributed by atoms with Gasteiger partial charge in [-0.15, -0.1) is 0 Å². The molecule has 2 unspecified atom stereocenters. The zero-order valence-electron chi connectivity index (χ0n) is 9.28. The van der Waals surface area contributed by atoms with Crippen LogP contribution in [0, 0.1) is 0 Å². The smallest absolute Gasteiger partial charge is 0.0927 e. The number of aliphatic hydroxyl groups is 2. The van der Waals surface area contributed by atoms with Crippen molar-refractivity contribution >= 4 is 7.14 Å². The molecule has 0 aliphatic carbocycles. The first-order valence-corrected chi connectivity index (χ1v) is 7.54. The van der Waals surface area contributed by atoms with Crippen molar-refractivity contribution in [3.05, 3.63) is 0 Å². The first-order chi connectivity index (χ1) is 6.60. The van der Waals surface area contributed by atoms with Gasteiger partial charge in [-0.1, -0.05) is 20.3 Å². The molecule has 0 aromatic carbocycles. The second kappa shape index (κ2) is 7.44. The van der Waals surface area contributed by atoms with Gasteiger partial charge in [0.1, 0.15) is 0 Å². The average molecular weight is 222 g/mol. The lowest BCUT2D eigenvalue weighted by Crippen LogP contribution is -2.14. The third kappa shape index (κ3) is 4.59. The molecule has 86 valence electrons. The summed E-state index contributed by atoms with van der Waals surface area (Å²) in [5, 5.41) is 17.8. The van der Waals surface area contributed by atoms with E-state index in [1.54, 1.807) is 0 Å². The summed E-state index contributed by atoms with van der Waals surface area (Å²) in [6, 6.07) is 0. The lowest BCUT2D eigenvalue weighted by molar-refractivity contribution is 0.289. The van der Waals surface area contributed by atoms with Crippen molar-refractivity contribution in [2.45, 2.75) is 38.8 Å². The SMILES string of the molecule is CCCCP(=O)(CCCO)C(C)CO. The Kier molecular flexibility index (Phi) is 7.52. The van der Waals surface area contributed by atoms with Crippen LogP contribution in [0.4, 0.5) is 0 Å². The molecule has 0 fully saturated rings. The van der Waals surface area contributed by atoms with E-state index in [9.17, 15) is 4.57 Å². The minimum Gasteiger partial charge on any atom is -0.396 e. The van der Waals surface area contributed by atoms with Crippen LogP contribution in [0.25, 0.3) is 0 Å². The van der Waals surface area contributed by atoms with E-state index >= 15 is 0 Å². The Bertz CT molecular complexity index is 170. The van der Waals surface area contributed by atoms with Crippen LogP contribution in [0.3, 0.4) is 0 Å². The minimum absolute atomic E-state index is 0.00752. The van der Waals surface area contributed by atoms with Crippen LogP contribution in [0.15, 0.2) is 0 Å².